The van der Waals surface area contributed by atoms with Crippen LogP contribution in [-0.2, 0) is 13.1 Å². The van der Waals surface area contributed by atoms with E-state index >= 15 is 0 Å². The van der Waals surface area contributed by atoms with Crippen LogP contribution in [-0.4, -0.2) is 25.3 Å². The third-order valence-electron chi connectivity index (χ3n) is 3.53. The van der Waals surface area contributed by atoms with Crippen molar-refractivity contribution in [2.24, 2.45) is 4.99 Å². The van der Waals surface area contributed by atoms with Crippen LogP contribution in [0.3, 0.4) is 0 Å². The second kappa shape index (κ2) is 9.73. The average Bonchev–Trinajstić information content (AvgIpc) is 2.86. The van der Waals surface area contributed by atoms with E-state index in [0.29, 0.717) is 24.1 Å². The van der Waals surface area contributed by atoms with Gasteiger partial charge < -0.3 is 19.9 Å². The summed E-state index contributed by atoms with van der Waals surface area (Å²) >= 11 is 6.04. The number of hydrogen-bond acceptors (Lipinski definition) is 4. The molecule has 1 heterocycles. The summed E-state index contributed by atoms with van der Waals surface area (Å²) in [6.45, 7) is 4.95. The fraction of sp³-hybridized carbons (Fsp3) is 0.375. The Kier molecular flexibility index (Phi) is 8.34. The number of ether oxygens (including phenoxy) is 1. The number of halogens is 2. The summed E-state index contributed by atoms with van der Waals surface area (Å²) in [5.41, 5.74) is 2.87. The normalized spacial score (nSPS) is 11.0. The number of guanidine groups is 1. The first-order valence-electron chi connectivity index (χ1n) is 7.23. The van der Waals surface area contributed by atoms with Crippen molar-refractivity contribution >= 4 is 41.5 Å². The molecule has 0 aliphatic rings. The highest BCUT2D eigenvalue weighted by Crippen LogP contribution is 2.22. The summed E-state index contributed by atoms with van der Waals surface area (Å²) < 4.78 is 10.5. The lowest BCUT2D eigenvalue weighted by atomic mass is 10.2. The standard InChI is InChI=1S/C16H21ClN4O2.HI/c1-10-14(11(2)23-21-10)9-20-16(18-3)19-8-12-7-13(17)5-6-15(12)22-4;/h5-7H,8-9H2,1-4H3,(H2,18,19,20);1H. The quantitative estimate of drug-likeness (QED) is 0.403. The molecule has 0 saturated carbocycles. The molecule has 24 heavy (non-hydrogen) atoms. The molecule has 132 valence electrons. The summed E-state index contributed by atoms with van der Waals surface area (Å²) in [6.07, 6.45) is 0. The van der Waals surface area contributed by atoms with Gasteiger partial charge in [-0.3, -0.25) is 4.99 Å². The molecule has 1 aromatic carbocycles. The lowest BCUT2D eigenvalue weighted by Gasteiger charge is -2.14. The molecule has 2 aromatic rings. The lowest BCUT2D eigenvalue weighted by molar-refractivity contribution is 0.392. The Balaban J connectivity index is 0.00000288. The van der Waals surface area contributed by atoms with Crippen LogP contribution in [0.1, 0.15) is 22.6 Å². The smallest absolute Gasteiger partial charge is 0.191 e. The molecule has 8 heteroatoms. The van der Waals surface area contributed by atoms with Crippen molar-refractivity contribution in [2.75, 3.05) is 14.2 Å². The molecular formula is C16H22ClIN4O2. The van der Waals surface area contributed by atoms with Gasteiger partial charge in [0.25, 0.3) is 0 Å². The van der Waals surface area contributed by atoms with E-state index in [9.17, 15) is 0 Å². The Morgan fingerprint density at radius 2 is 2.00 bits per heavy atom. The van der Waals surface area contributed by atoms with E-state index in [-0.39, 0.29) is 24.0 Å². The molecule has 0 saturated heterocycles. The summed E-state index contributed by atoms with van der Waals surface area (Å²) in [5.74, 6) is 2.26. The van der Waals surface area contributed by atoms with Gasteiger partial charge in [0.2, 0.25) is 0 Å². The van der Waals surface area contributed by atoms with Crippen molar-refractivity contribution in [1.29, 1.82) is 0 Å². The number of benzene rings is 1. The molecule has 6 nitrogen and oxygen atoms in total. The van der Waals surface area contributed by atoms with Gasteiger partial charge in [0.1, 0.15) is 11.5 Å². The zero-order chi connectivity index (χ0) is 16.8. The zero-order valence-corrected chi connectivity index (χ0v) is 17.2. The second-order valence-electron chi connectivity index (χ2n) is 5.04. The van der Waals surface area contributed by atoms with Crippen molar-refractivity contribution in [3.05, 3.63) is 45.8 Å². The maximum Gasteiger partial charge on any atom is 0.191 e. The third kappa shape index (κ3) is 5.27. The van der Waals surface area contributed by atoms with Gasteiger partial charge in [-0.2, -0.15) is 0 Å². The summed E-state index contributed by atoms with van der Waals surface area (Å²) in [6, 6.07) is 5.52. The fourth-order valence-electron chi connectivity index (χ4n) is 2.21. The fourth-order valence-corrected chi connectivity index (χ4v) is 2.41. The Morgan fingerprint density at radius 3 is 2.58 bits per heavy atom. The van der Waals surface area contributed by atoms with Gasteiger partial charge in [-0.1, -0.05) is 16.8 Å². The lowest BCUT2D eigenvalue weighted by Crippen LogP contribution is -2.36. The van der Waals surface area contributed by atoms with Gasteiger partial charge in [-0.15, -0.1) is 24.0 Å². The molecule has 1 aromatic heterocycles. The molecule has 0 fully saturated rings. The molecule has 0 aliphatic heterocycles. The summed E-state index contributed by atoms with van der Waals surface area (Å²) in [7, 11) is 3.36. The summed E-state index contributed by atoms with van der Waals surface area (Å²) in [5, 5.41) is 11.1. The number of aromatic nitrogens is 1. The minimum atomic E-state index is 0. The van der Waals surface area contributed by atoms with Gasteiger partial charge in [-0.05, 0) is 32.0 Å². The Labute approximate surface area is 164 Å². The highest BCUT2D eigenvalue weighted by molar-refractivity contribution is 14.0. The number of aliphatic imine (C=N–C) groups is 1. The molecule has 0 aliphatic carbocycles. The van der Waals surface area contributed by atoms with Gasteiger partial charge in [0.05, 0.1) is 12.8 Å². The molecule has 2 N–H and O–H groups in total. The van der Waals surface area contributed by atoms with Crippen molar-refractivity contribution in [3.8, 4) is 5.75 Å². The first kappa shape index (κ1) is 20.6. The van der Waals surface area contributed by atoms with Crippen LogP contribution in [0.15, 0.2) is 27.7 Å². The maximum atomic E-state index is 6.04. The van der Waals surface area contributed by atoms with Gasteiger partial charge in [0.15, 0.2) is 5.96 Å². The van der Waals surface area contributed by atoms with Gasteiger partial charge in [-0.25, -0.2) is 0 Å². The van der Waals surface area contributed by atoms with Crippen molar-refractivity contribution in [3.63, 3.8) is 0 Å². The van der Waals surface area contributed by atoms with E-state index in [0.717, 1.165) is 28.3 Å². The van der Waals surface area contributed by atoms with Gasteiger partial charge >= 0.3 is 0 Å². The van der Waals surface area contributed by atoms with Gasteiger partial charge in [0, 0.05) is 36.3 Å². The van der Waals surface area contributed by atoms with Crippen molar-refractivity contribution in [1.82, 2.24) is 15.8 Å². The largest absolute Gasteiger partial charge is 0.496 e. The number of nitrogens with one attached hydrogen (secondary N) is 2. The third-order valence-corrected chi connectivity index (χ3v) is 3.76. The Bertz CT molecular complexity index is 684. The highest BCUT2D eigenvalue weighted by atomic mass is 127. The predicted molar refractivity (Wildman–Crippen MR) is 106 cm³/mol. The molecule has 0 atom stereocenters. The van der Waals surface area contributed by atoms with E-state index < -0.39 is 0 Å². The van der Waals surface area contributed by atoms with E-state index in [1.807, 2.05) is 26.0 Å². The van der Waals surface area contributed by atoms with E-state index in [1.54, 1.807) is 20.2 Å². The minimum Gasteiger partial charge on any atom is -0.496 e. The van der Waals surface area contributed by atoms with Crippen LogP contribution in [0.5, 0.6) is 5.75 Å². The average molecular weight is 465 g/mol. The van der Waals surface area contributed by atoms with Crippen LogP contribution in [0, 0.1) is 13.8 Å². The molecule has 0 radical (unpaired) electrons. The maximum absolute atomic E-state index is 6.04. The Morgan fingerprint density at radius 1 is 1.29 bits per heavy atom. The zero-order valence-electron chi connectivity index (χ0n) is 14.1. The van der Waals surface area contributed by atoms with Crippen molar-refractivity contribution in [2.45, 2.75) is 26.9 Å². The SMILES string of the molecule is CN=C(NCc1cc(Cl)ccc1OC)NCc1c(C)noc1C.I. The molecule has 0 unspecified atom stereocenters. The minimum absolute atomic E-state index is 0. The Hall–Kier alpha value is -1.48. The number of hydrogen-bond donors (Lipinski definition) is 2. The first-order valence-corrected chi connectivity index (χ1v) is 7.61. The van der Waals surface area contributed by atoms with Crippen LogP contribution in [0.4, 0.5) is 0 Å². The number of rotatable bonds is 5. The molecule has 0 bridgehead atoms. The van der Waals surface area contributed by atoms with Crippen LogP contribution < -0.4 is 15.4 Å². The topological polar surface area (TPSA) is 71.7 Å². The predicted octanol–water partition coefficient (Wildman–Crippen LogP) is 3.44. The highest BCUT2D eigenvalue weighted by Gasteiger charge is 2.10. The van der Waals surface area contributed by atoms with E-state index in [1.165, 1.54) is 0 Å². The van der Waals surface area contributed by atoms with E-state index in [4.69, 9.17) is 20.9 Å². The number of methoxy groups -OCH3 is 1. The van der Waals surface area contributed by atoms with Crippen LogP contribution >= 0.6 is 35.6 Å². The molecular weight excluding hydrogens is 443 g/mol. The van der Waals surface area contributed by atoms with Crippen LogP contribution in [0.25, 0.3) is 0 Å². The van der Waals surface area contributed by atoms with Crippen molar-refractivity contribution < 1.29 is 9.26 Å². The number of aryl methyl sites for hydroxylation is 2. The van der Waals surface area contributed by atoms with Crippen LogP contribution in [0.2, 0.25) is 5.02 Å². The molecule has 0 spiro atoms. The molecule has 2 rings (SSSR count). The summed E-state index contributed by atoms with van der Waals surface area (Å²) in [4.78, 5) is 4.21. The number of nitrogens with zero attached hydrogens (tertiary/aromatic N) is 2. The van der Waals surface area contributed by atoms with E-state index in [2.05, 4.69) is 20.8 Å². The second-order valence-corrected chi connectivity index (χ2v) is 5.47. The first-order chi connectivity index (χ1) is 11.0. The monoisotopic (exact) mass is 464 g/mol. The molecule has 0 amide bonds.